The van der Waals surface area contributed by atoms with Gasteiger partial charge in [0, 0.05) is 6.54 Å². The third-order valence-electron chi connectivity index (χ3n) is 4.27. The number of amides is 1. The molecular weight excluding hydrogens is 300 g/mol. The number of para-hydroxylation sites is 2. The first-order valence-electron chi connectivity index (χ1n) is 8.27. The molecule has 1 atom stereocenters. The first-order chi connectivity index (χ1) is 11.5. The van der Waals surface area contributed by atoms with Crippen LogP contribution >= 0.6 is 0 Å². The van der Waals surface area contributed by atoms with Gasteiger partial charge in [0.25, 0.3) is 0 Å². The molecule has 4 heteroatoms. The van der Waals surface area contributed by atoms with Crippen LogP contribution in [-0.2, 0) is 17.8 Å². The van der Waals surface area contributed by atoms with Crippen molar-refractivity contribution in [1.29, 1.82) is 0 Å². The van der Waals surface area contributed by atoms with Gasteiger partial charge in [-0.05, 0) is 43.7 Å². The third kappa shape index (κ3) is 4.59. The van der Waals surface area contributed by atoms with E-state index in [0.29, 0.717) is 11.4 Å². The van der Waals surface area contributed by atoms with Crippen LogP contribution in [-0.4, -0.2) is 31.0 Å². The normalized spacial score (nSPS) is 12.0. The molecular formula is C20H26N2O2. The Balaban J connectivity index is 1.98. The van der Waals surface area contributed by atoms with Crippen molar-refractivity contribution >= 4 is 11.6 Å². The number of hydrogen-bond acceptors (Lipinski definition) is 3. The molecule has 0 spiro atoms. The zero-order chi connectivity index (χ0) is 17.5. The number of rotatable bonds is 7. The van der Waals surface area contributed by atoms with E-state index in [9.17, 15) is 4.79 Å². The molecule has 1 N–H and O–H groups in total. The lowest BCUT2D eigenvalue weighted by atomic mass is 10.1. The summed E-state index contributed by atoms with van der Waals surface area (Å²) in [7, 11) is 3.56. The fraction of sp³-hybridized carbons (Fsp3) is 0.350. The number of anilines is 1. The van der Waals surface area contributed by atoms with Crippen LogP contribution in [0.4, 0.5) is 5.69 Å². The second-order valence-electron chi connectivity index (χ2n) is 5.95. The Hall–Kier alpha value is -2.33. The van der Waals surface area contributed by atoms with Gasteiger partial charge in [-0.25, -0.2) is 0 Å². The number of benzene rings is 2. The third-order valence-corrected chi connectivity index (χ3v) is 4.27. The van der Waals surface area contributed by atoms with E-state index in [1.54, 1.807) is 7.11 Å². The lowest BCUT2D eigenvalue weighted by Gasteiger charge is -2.24. The molecule has 0 aromatic heterocycles. The zero-order valence-electron chi connectivity index (χ0n) is 14.9. The van der Waals surface area contributed by atoms with Gasteiger partial charge >= 0.3 is 0 Å². The lowest BCUT2D eigenvalue weighted by Crippen LogP contribution is -2.39. The maximum atomic E-state index is 12.5. The highest BCUT2D eigenvalue weighted by molar-refractivity contribution is 5.95. The predicted octanol–water partition coefficient (Wildman–Crippen LogP) is 3.72. The molecule has 0 aliphatic rings. The molecule has 1 amide bonds. The van der Waals surface area contributed by atoms with E-state index in [-0.39, 0.29) is 11.9 Å². The highest BCUT2D eigenvalue weighted by Gasteiger charge is 2.19. The van der Waals surface area contributed by atoms with Crippen molar-refractivity contribution in [3.05, 3.63) is 59.7 Å². The van der Waals surface area contributed by atoms with Crippen LogP contribution in [0.5, 0.6) is 5.75 Å². The molecule has 4 nitrogen and oxygen atoms in total. The number of aryl methyl sites for hydroxylation is 1. The topological polar surface area (TPSA) is 41.6 Å². The summed E-state index contributed by atoms with van der Waals surface area (Å²) in [6, 6.07) is 15.7. The van der Waals surface area contributed by atoms with E-state index in [1.165, 1.54) is 11.1 Å². The summed E-state index contributed by atoms with van der Waals surface area (Å²) in [4.78, 5) is 14.5. The van der Waals surface area contributed by atoms with Crippen molar-refractivity contribution in [2.45, 2.75) is 32.9 Å². The minimum Gasteiger partial charge on any atom is -0.495 e. The number of likely N-dealkylation sites (N-methyl/N-ethyl adjacent to an activating group) is 1. The average molecular weight is 326 g/mol. The number of methoxy groups -OCH3 is 1. The Morgan fingerprint density at radius 3 is 2.38 bits per heavy atom. The first kappa shape index (κ1) is 18.0. The Kier molecular flexibility index (Phi) is 6.38. The number of carbonyl (C=O) groups is 1. The Morgan fingerprint density at radius 1 is 1.12 bits per heavy atom. The monoisotopic (exact) mass is 326 g/mol. The van der Waals surface area contributed by atoms with Crippen LogP contribution in [0.25, 0.3) is 0 Å². The number of nitrogens with one attached hydrogen (secondary N) is 1. The molecule has 0 unspecified atom stereocenters. The van der Waals surface area contributed by atoms with Crippen LogP contribution in [0.3, 0.4) is 0 Å². The minimum absolute atomic E-state index is 0.0489. The van der Waals surface area contributed by atoms with Crippen molar-refractivity contribution in [3.63, 3.8) is 0 Å². The molecule has 0 bridgehead atoms. The Labute approximate surface area is 144 Å². The second kappa shape index (κ2) is 8.50. The van der Waals surface area contributed by atoms with Gasteiger partial charge in [-0.1, -0.05) is 43.3 Å². The summed E-state index contributed by atoms with van der Waals surface area (Å²) >= 11 is 0. The zero-order valence-corrected chi connectivity index (χ0v) is 14.9. The van der Waals surface area contributed by atoms with Gasteiger partial charge in [0.1, 0.15) is 5.75 Å². The molecule has 0 saturated heterocycles. The largest absolute Gasteiger partial charge is 0.495 e. The smallest absolute Gasteiger partial charge is 0.241 e. The van der Waals surface area contributed by atoms with Crippen molar-refractivity contribution in [3.8, 4) is 5.75 Å². The quantitative estimate of drug-likeness (QED) is 0.843. The van der Waals surface area contributed by atoms with Crippen LogP contribution in [0, 0.1) is 0 Å². The molecule has 2 aromatic carbocycles. The van der Waals surface area contributed by atoms with Crippen LogP contribution < -0.4 is 10.1 Å². The number of carbonyl (C=O) groups excluding carboxylic acids is 1. The number of hydrogen-bond donors (Lipinski definition) is 1. The molecule has 0 fully saturated rings. The van der Waals surface area contributed by atoms with Gasteiger partial charge in [0.2, 0.25) is 5.91 Å². The van der Waals surface area contributed by atoms with Crippen molar-refractivity contribution in [2.75, 3.05) is 19.5 Å². The summed E-state index contributed by atoms with van der Waals surface area (Å²) < 4.78 is 5.28. The highest BCUT2D eigenvalue weighted by atomic mass is 16.5. The van der Waals surface area contributed by atoms with Crippen molar-refractivity contribution in [1.82, 2.24) is 4.90 Å². The van der Waals surface area contributed by atoms with E-state index >= 15 is 0 Å². The number of ether oxygens (including phenoxy) is 1. The van der Waals surface area contributed by atoms with Crippen molar-refractivity contribution in [2.24, 2.45) is 0 Å². The standard InChI is InChI=1S/C20H26N2O2/c1-5-16-10-12-17(13-11-16)14-22(3)15(2)20(23)21-18-8-6-7-9-19(18)24-4/h6-13,15H,5,14H2,1-4H3,(H,21,23)/t15-/m0/s1. The van der Waals surface area contributed by atoms with Crippen LogP contribution in [0.1, 0.15) is 25.0 Å². The van der Waals surface area contributed by atoms with E-state index in [4.69, 9.17) is 4.74 Å². The van der Waals surface area contributed by atoms with Gasteiger partial charge in [-0.2, -0.15) is 0 Å². The van der Waals surface area contributed by atoms with E-state index in [0.717, 1.165) is 13.0 Å². The first-order valence-corrected chi connectivity index (χ1v) is 8.27. The average Bonchev–Trinajstić information content (AvgIpc) is 2.62. The highest BCUT2D eigenvalue weighted by Crippen LogP contribution is 2.23. The fourth-order valence-electron chi connectivity index (χ4n) is 2.49. The predicted molar refractivity (Wildman–Crippen MR) is 98.4 cm³/mol. The summed E-state index contributed by atoms with van der Waals surface area (Å²) in [5.41, 5.74) is 3.22. The summed E-state index contributed by atoms with van der Waals surface area (Å²) in [6.07, 6.45) is 1.04. The number of nitrogens with zero attached hydrogens (tertiary/aromatic N) is 1. The minimum atomic E-state index is -0.249. The summed E-state index contributed by atoms with van der Waals surface area (Å²) in [5.74, 6) is 0.614. The molecule has 0 aliphatic carbocycles. The van der Waals surface area contributed by atoms with E-state index < -0.39 is 0 Å². The van der Waals surface area contributed by atoms with E-state index in [1.807, 2.05) is 43.1 Å². The maximum absolute atomic E-state index is 12.5. The Morgan fingerprint density at radius 2 is 1.75 bits per heavy atom. The molecule has 0 radical (unpaired) electrons. The molecule has 0 aliphatic heterocycles. The van der Waals surface area contributed by atoms with Gasteiger partial charge in [0.05, 0.1) is 18.8 Å². The maximum Gasteiger partial charge on any atom is 0.241 e. The molecule has 0 saturated carbocycles. The van der Waals surface area contributed by atoms with Gasteiger partial charge in [-0.3, -0.25) is 9.69 Å². The second-order valence-corrected chi connectivity index (χ2v) is 5.95. The van der Waals surface area contributed by atoms with Crippen LogP contribution in [0.15, 0.2) is 48.5 Å². The SMILES string of the molecule is CCc1ccc(CN(C)[C@@H](C)C(=O)Nc2ccccc2OC)cc1. The summed E-state index contributed by atoms with van der Waals surface area (Å²) in [6.45, 7) is 4.78. The summed E-state index contributed by atoms with van der Waals surface area (Å²) in [5, 5.41) is 2.94. The van der Waals surface area contributed by atoms with Gasteiger partial charge < -0.3 is 10.1 Å². The molecule has 2 rings (SSSR count). The van der Waals surface area contributed by atoms with Crippen molar-refractivity contribution < 1.29 is 9.53 Å². The molecule has 24 heavy (non-hydrogen) atoms. The lowest BCUT2D eigenvalue weighted by molar-refractivity contribution is -0.120. The Bertz CT molecular complexity index is 668. The fourth-order valence-corrected chi connectivity index (χ4v) is 2.49. The molecule has 2 aromatic rings. The van der Waals surface area contributed by atoms with E-state index in [2.05, 4.69) is 36.5 Å². The molecule has 128 valence electrons. The van der Waals surface area contributed by atoms with Gasteiger partial charge in [0.15, 0.2) is 0 Å². The van der Waals surface area contributed by atoms with Gasteiger partial charge in [-0.15, -0.1) is 0 Å². The van der Waals surface area contributed by atoms with Crippen LogP contribution in [0.2, 0.25) is 0 Å². The molecule has 0 heterocycles.